The lowest BCUT2D eigenvalue weighted by Crippen LogP contribution is -2.49. The van der Waals surface area contributed by atoms with Crippen molar-refractivity contribution in [3.8, 4) is 0 Å². The van der Waals surface area contributed by atoms with Gasteiger partial charge in [0.1, 0.15) is 5.82 Å². The average Bonchev–Trinajstić information content (AvgIpc) is 2.92. The summed E-state index contributed by atoms with van der Waals surface area (Å²) in [5.74, 6) is 1.26. The van der Waals surface area contributed by atoms with Crippen molar-refractivity contribution < 1.29 is 4.79 Å². The summed E-state index contributed by atoms with van der Waals surface area (Å²) in [5, 5.41) is 9.07. The number of benzene rings is 1. The van der Waals surface area contributed by atoms with E-state index >= 15 is 0 Å². The summed E-state index contributed by atoms with van der Waals surface area (Å²) in [4.78, 5) is 14.2. The molecule has 1 saturated heterocycles. The molecular weight excluding hydrogens is 312 g/mol. The van der Waals surface area contributed by atoms with Crippen LogP contribution in [-0.2, 0) is 11.2 Å². The number of hydrogen-bond donors (Lipinski definition) is 0. The van der Waals surface area contributed by atoms with Crippen LogP contribution in [0.4, 0.5) is 0 Å². The maximum Gasteiger partial charge on any atom is 0.227 e. The van der Waals surface area contributed by atoms with E-state index in [2.05, 4.69) is 10.2 Å². The lowest BCUT2D eigenvalue weighted by molar-refractivity contribution is -0.135. The van der Waals surface area contributed by atoms with Gasteiger partial charge in [0, 0.05) is 24.3 Å². The molecule has 116 valence electrons. The van der Waals surface area contributed by atoms with Crippen molar-refractivity contribution in [3.63, 3.8) is 0 Å². The number of fused-ring (bicyclic) bond motifs is 1. The third-order valence-corrected chi connectivity index (χ3v) is 4.61. The Kier molecular flexibility index (Phi) is 3.50. The zero-order valence-corrected chi connectivity index (χ0v) is 13.1. The molecule has 5 nitrogen and oxygen atoms in total. The molecule has 0 spiro atoms. The standard InChI is InChI=1S/C17H15ClN4O/c18-14-6-2-1-5-12(14)9-16(23)21-10-13(11-21)17-20-19-15-7-3-4-8-22(15)17/h1-8,13H,9-11H2. The second-order valence-electron chi connectivity index (χ2n) is 5.75. The molecule has 1 aliphatic heterocycles. The number of halogens is 1. The van der Waals surface area contributed by atoms with Gasteiger partial charge in [0.05, 0.1) is 12.3 Å². The van der Waals surface area contributed by atoms with Gasteiger partial charge in [0.15, 0.2) is 5.65 Å². The second kappa shape index (κ2) is 5.66. The highest BCUT2D eigenvalue weighted by atomic mass is 35.5. The van der Waals surface area contributed by atoms with Gasteiger partial charge >= 0.3 is 0 Å². The van der Waals surface area contributed by atoms with Crippen molar-refractivity contribution in [3.05, 3.63) is 65.1 Å². The first-order valence-electron chi connectivity index (χ1n) is 7.53. The van der Waals surface area contributed by atoms with Gasteiger partial charge < -0.3 is 4.90 Å². The van der Waals surface area contributed by atoms with Crippen LogP contribution in [0.5, 0.6) is 0 Å². The third-order valence-electron chi connectivity index (χ3n) is 4.24. The van der Waals surface area contributed by atoms with E-state index in [9.17, 15) is 4.79 Å². The quantitative estimate of drug-likeness (QED) is 0.743. The van der Waals surface area contributed by atoms with E-state index in [-0.39, 0.29) is 11.8 Å². The Morgan fingerprint density at radius 3 is 2.74 bits per heavy atom. The minimum absolute atomic E-state index is 0.100. The Bertz CT molecular complexity index is 870. The van der Waals surface area contributed by atoms with E-state index < -0.39 is 0 Å². The van der Waals surface area contributed by atoms with Crippen LogP contribution in [0, 0.1) is 0 Å². The first kappa shape index (κ1) is 14.2. The molecule has 0 N–H and O–H groups in total. The molecule has 23 heavy (non-hydrogen) atoms. The maximum atomic E-state index is 12.4. The zero-order valence-electron chi connectivity index (χ0n) is 12.4. The molecule has 1 fully saturated rings. The number of nitrogens with zero attached hydrogens (tertiary/aromatic N) is 4. The Morgan fingerprint density at radius 1 is 1.13 bits per heavy atom. The number of amides is 1. The molecule has 1 aromatic carbocycles. The summed E-state index contributed by atoms with van der Waals surface area (Å²) >= 11 is 6.12. The van der Waals surface area contributed by atoms with Crippen LogP contribution >= 0.6 is 11.6 Å². The summed E-state index contributed by atoms with van der Waals surface area (Å²) in [6.07, 6.45) is 2.30. The molecule has 0 radical (unpaired) electrons. The largest absolute Gasteiger partial charge is 0.341 e. The topological polar surface area (TPSA) is 50.5 Å². The Labute approximate surface area is 138 Å². The number of likely N-dealkylation sites (tertiary alicyclic amines) is 1. The fraction of sp³-hybridized carbons (Fsp3) is 0.235. The predicted octanol–water partition coefficient (Wildman–Crippen LogP) is 2.55. The summed E-state index contributed by atoms with van der Waals surface area (Å²) < 4.78 is 1.99. The van der Waals surface area contributed by atoms with E-state index in [4.69, 9.17) is 11.6 Å². The smallest absolute Gasteiger partial charge is 0.227 e. The molecule has 0 bridgehead atoms. The third kappa shape index (κ3) is 2.57. The van der Waals surface area contributed by atoms with Gasteiger partial charge in [-0.2, -0.15) is 0 Å². The summed E-state index contributed by atoms with van der Waals surface area (Å²) in [7, 11) is 0. The van der Waals surface area contributed by atoms with Crippen LogP contribution < -0.4 is 0 Å². The van der Waals surface area contributed by atoms with Gasteiger partial charge in [-0.1, -0.05) is 35.9 Å². The second-order valence-corrected chi connectivity index (χ2v) is 6.16. The van der Waals surface area contributed by atoms with Crippen LogP contribution in [0.2, 0.25) is 5.02 Å². The van der Waals surface area contributed by atoms with Crippen LogP contribution in [0.1, 0.15) is 17.3 Å². The lowest BCUT2D eigenvalue weighted by atomic mass is 9.98. The minimum atomic E-state index is 0.100. The van der Waals surface area contributed by atoms with Crippen molar-refractivity contribution in [2.75, 3.05) is 13.1 Å². The van der Waals surface area contributed by atoms with E-state index in [1.807, 2.05) is 58.0 Å². The van der Waals surface area contributed by atoms with Gasteiger partial charge in [0.2, 0.25) is 5.91 Å². The van der Waals surface area contributed by atoms with Gasteiger partial charge in [-0.05, 0) is 23.8 Å². The van der Waals surface area contributed by atoms with Crippen molar-refractivity contribution in [2.24, 2.45) is 0 Å². The Hall–Kier alpha value is -2.40. The molecule has 0 unspecified atom stereocenters. The highest BCUT2D eigenvalue weighted by Crippen LogP contribution is 2.27. The molecule has 2 aromatic heterocycles. The summed E-state index contributed by atoms with van der Waals surface area (Å²) in [6, 6.07) is 13.3. The van der Waals surface area contributed by atoms with Gasteiger partial charge in [0.25, 0.3) is 0 Å². The number of rotatable bonds is 3. The fourth-order valence-electron chi connectivity index (χ4n) is 2.90. The van der Waals surface area contributed by atoms with E-state index in [0.717, 1.165) is 17.0 Å². The molecule has 0 atom stereocenters. The number of hydrogen-bond acceptors (Lipinski definition) is 3. The van der Waals surface area contributed by atoms with E-state index in [1.165, 1.54) is 0 Å². The fourth-order valence-corrected chi connectivity index (χ4v) is 3.10. The zero-order chi connectivity index (χ0) is 15.8. The van der Waals surface area contributed by atoms with E-state index in [0.29, 0.717) is 24.5 Å². The molecule has 6 heteroatoms. The molecule has 0 aliphatic carbocycles. The van der Waals surface area contributed by atoms with Crippen LogP contribution in [-0.4, -0.2) is 38.5 Å². The normalized spacial score (nSPS) is 14.9. The number of aromatic nitrogens is 3. The SMILES string of the molecule is O=C(Cc1ccccc1Cl)N1CC(c2nnc3ccccn23)C1. The minimum Gasteiger partial charge on any atom is -0.341 e. The van der Waals surface area contributed by atoms with Crippen molar-refractivity contribution in [2.45, 2.75) is 12.3 Å². The highest BCUT2D eigenvalue weighted by molar-refractivity contribution is 6.31. The van der Waals surface area contributed by atoms with Crippen molar-refractivity contribution >= 4 is 23.2 Å². The molecule has 0 saturated carbocycles. The van der Waals surface area contributed by atoms with E-state index in [1.54, 1.807) is 0 Å². The molecule has 4 rings (SSSR count). The molecule has 3 heterocycles. The Morgan fingerprint density at radius 2 is 1.91 bits per heavy atom. The first-order valence-corrected chi connectivity index (χ1v) is 7.91. The van der Waals surface area contributed by atoms with Crippen LogP contribution in [0.15, 0.2) is 48.7 Å². The first-order chi connectivity index (χ1) is 11.2. The highest BCUT2D eigenvalue weighted by Gasteiger charge is 2.34. The lowest BCUT2D eigenvalue weighted by Gasteiger charge is -2.38. The van der Waals surface area contributed by atoms with Crippen molar-refractivity contribution in [1.82, 2.24) is 19.5 Å². The molecular formula is C17H15ClN4O. The number of pyridine rings is 1. The summed E-state index contributed by atoms with van der Waals surface area (Å²) in [5.41, 5.74) is 1.71. The van der Waals surface area contributed by atoms with Crippen LogP contribution in [0.3, 0.4) is 0 Å². The average molecular weight is 327 g/mol. The van der Waals surface area contributed by atoms with Gasteiger partial charge in [-0.3, -0.25) is 9.20 Å². The monoisotopic (exact) mass is 326 g/mol. The molecule has 1 amide bonds. The summed E-state index contributed by atoms with van der Waals surface area (Å²) in [6.45, 7) is 1.36. The molecule has 1 aliphatic rings. The van der Waals surface area contributed by atoms with Gasteiger partial charge in [-0.25, -0.2) is 0 Å². The predicted molar refractivity (Wildman–Crippen MR) is 87.5 cm³/mol. The maximum absolute atomic E-state index is 12.4. The van der Waals surface area contributed by atoms with Gasteiger partial charge in [-0.15, -0.1) is 10.2 Å². The number of carbonyl (C=O) groups excluding carboxylic acids is 1. The van der Waals surface area contributed by atoms with Crippen LogP contribution in [0.25, 0.3) is 5.65 Å². The Balaban J connectivity index is 1.43. The van der Waals surface area contributed by atoms with Crippen molar-refractivity contribution in [1.29, 1.82) is 0 Å². The number of carbonyl (C=O) groups is 1. The molecule has 3 aromatic rings.